The number of aromatic nitrogens is 4. The van der Waals surface area contributed by atoms with E-state index in [0.29, 0.717) is 6.01 Å². The SMILES string of the molecule is Cn1nnnc1OC(C)(C)C. The molecule has 5 nitrogen and oxygen atoms in total. The van der Waals surface area contributed by atoms with Crippen molar-refractivity contribution in [2.45, 2.75) is 26.4 Å². The second-order valence-corrected chi connectivity index (χ2v) is 3.30. The predicted octanol–water partition coefficient (Wildman–Crippen LogP) is 0.387. The fourth-order valence-electron chi connectivity index (χ4n) is 0.582. The van der Waals surface area contributed by atoms with Gasteiger partial charge in [0, 0.05) is 7.05 Å². The molecule has 0 aliphatic rings. The molecule has 0 aromatic carbocycles. The first-order valence-electron chi connectivity index (χ1n) is 3.40. The lowest BCUT2D eigenvalue weighted by Gasteiger charge is -2.18. The van der Waals surface area contributed by atoms with Gasteiger partial charge in [-0.15, -0.1) is 0 Å². The van der Waals surface area contributed by atoms with Crippen molar-refractivity contribution in [1.82, 2.24) is 20.2 Å². The van der Waals surface area contributed by atoms with Crippen LogP contribution in [0.5, 0.6) is 6.01 Å². The van der Waals surface area contributed by atoms with Crippen LogP contribution in [0.1, 0.15) is 20.8 Å². The van der Waals surface area contributed by atoms with Crippen LogP contribution in [-0.2, 0) is 7.05 Å². The van der Waals surface area contributed by atoms with E-state index < -0.39 is 0 Å². The third-order valence-electron chi connectivity index (χ3n) is 0.979. The lowest BCUT2D eigenvalue weighted by molar-refractivity contribution is 0.110. The Morgan fingerprint density at radius 1 is 1.36 bits per heavy atom. The van der Waals surface area contributed by atoms with Gasteiger partial charge >= 0.3 is 6.01 Å². The normalized spacial score (nSPS) is 11.6. The molecule has 0 radical (unpaired) electrons. The Kier molecular flexibility index (Phi) is 1.80. The van der Waals surface area contributed by atoms with Crippen LogP contribution in [0.15, 0.2) is 0 Å². The Balaban J connectivity index is 2.72. The first kappa shape index (κ1) is 7.97. The molecule has 1 aromatic rings. The third-order valence-corrected chi connectivity index (χ3v) is 0.979. The number of tetrazole rings is 1. The van der Waals surface area contributed by atoms with Gasteiger partial charge in [-0.1, -0.05) is 5.10 Å². The lowest BCUT2D eigenvalue weighted by Crippen LogP contribution is -2.24. The van der Waals surface area contributed by atoms with Crippen molar-refractivity contribution < 1.29 is 4.74 Å². The summed E-state index contributed by atoms with van der Waals surface area (Å²) in [6.07, 6.45) is 0. The molecule has 0 fully saturated rings. The number of aryl methyl sites for hydroxylation is 1. The number of rotatable bonds is 1. The van der Waals surface area contributed by atoms with Crippen molar-refractivity contribution in [3.63, 3.8) is 0 Å². The topological polar surface area (TPSA) is 52.8 Å². The summed E-state index contributed by atoms with van der Waals surface area (Å²) in [6, 6.07) is 0.442. The summed E-state index contributed by atoms with van der Waals surface area (Å²) in [5.41, 5.74) is -0.248. The quantitative estimate of drug-likeness (QED) is 0.590. The van der Waals surface area contributed by atoms with Crippen molar-refractivity contribution in [2.75, 3.05) is 0 Å². The van der Waals surface area contributed by atoms with Crippen molar-refractivity contribution in [3.8, 4) is 6.01 Å². The predicted molar refractivity (Wildman–Crippen MR) is 39.2 cm³/mol. The standard InChI is InChI=1S/C6H12N4O/c1-6(2,3)11-5-7-8-9-10(5)4/h1-4H3. The summed E-state index contributed by atoms with van der Waals surface area (Å²) in [6.45, 7) is 5.84. The second kappa shape index (κ2) is 2.48. The molecule has 11 heavy (non-hydrogen) atoms. The molecule has 5 heteroatoms. The van der Waals surface area contributed by atoms with Gasteiger partial charge in [0.1, 0.15) is 5.60 Å². The second-order valence-electron chi connectivity index (χ2n) is 3.30. The van der Waals surface area contributed by atoms with Gasteiger partial charge in [0.25, 0.3) is 0 Å². The third kappa shape index (κ3) is 2.18. The molecule has 0 atom stereocenters. The number of hydrogen-bond acceptors (Lipinski definition) is 4. The van der Waals surface area contributed by atoms with Crippen molar-refractivity contribution in [3.05, 3.63) is 0 Å². The zero-order valence-electron chi connectivity index (χ0n) is 7.20. The summed E-state index contributed by atoms with van der Waals surface area (Å²) < 4.78 is 6.89. The van der Waals surface area contributed by atoms with Gasteiger partial charge in [-0.05, 0) is 31.2 Å². The summed E-state index contributed by atoms with van der Waals surface area (Å²) in [7, 11) is 1.74. The van der Waals surface area contributed by atoms with Crippen LogP contribution in [0, 0.1) is 0 Å². The Morgan fingerprint density at radius 3 is 2.36 bits per heavy atom. The van der Waals surface area contributed by atoms with Crippen LogP contribution in [0.2, 0.25) is 0 Å². The number of ether oxygens (including phenoxy) is 1. The molecule has 0 N–H and O–H groups in total. The lowest BCUT2D eigenvalue weighted by atomic mass is 10.2. The van der Waals surface area contributed by atoms with E-state index >= 15 is 0 Å². The van der Waals surface area contributed by atoms with E-state index in [1.165, 1.54) is 4.68 Å². The highest BCUT2D eigenvalue weighted by molar-refractivity contribution is 4.88. The highest BCUT2D eigenvalue weighted by atomic mass is 16.5. The molecule has 0 aliphatic carbocycles. The minimum Gasteiger partial charge on any atom is -0.457 e. The van der Waals surface area contributed by atoms with Crippen LogP contribution in [0.25, 0.3) is 0 Å². The average molecular weight is 156 g/mol. The first-order valence-corrected chi connectivity index (χ1v) is 3.40. The van der Waals surface area contributed by atoms with E-state index in [1.807, 2.05) is 20.8 Å². The maximum atomic E-state index is 5.40. The fourth-order valence-corrected chi connectivity index (χ4v) is 0.582. The van der Waals surface area contributed by atoms with Crippen molar-refractivity contribution >= 4 is 0 Å². The van der Waals surface area contributed by atoms with Gasteiger partial charge in [0.15, 0.2) is 0 Å². The van der Waals surface area contributed by atoms with Crippen LogP contribution in [0.3, 0.4) is 0 Å². The van der Waals surface area contributed by atoms with Gasteiger partial charge in [-0.3, -0.25) is 0 Å². The Hall–Kier alpha value is -1.13. The minimum atomic E-state index is -0.248. The molecule has 1 heterocycles. The zero-order chi connectivity index (χ0) is 8.48. The number of nitrogens with zero attached hydrogens (tertiary/aromatic N) is 4. The van der Waals surface area contributed by atoms with Crippen LogP contribution in [-0.4, -0.2) is 25.8 Å². The molecule has 0 aliphatic heterocycles. The van der Waals surface area contributed by atoms with E-state index in [0.717, 1.165) is 0 Å². The molecule has 1 rings (SSSR count). The van der Waals surface area contributed by atoms with Crippen LogP contribution < -0.4 is 4.74 Å². The van der Waals surface area contributed by atoms with E-state index in [-0.39, 0.29) is 5.60 Å². The molecule has 0 spiro atoms. The summed E-state index contributed by atoms with van der Waals surface area (Å²) in [5, 5.41) is 10.8. The molecule has 0 unspecified atom stereocenters. The average Bonchev–Trinajstić information content (AvgIpc) is 2.12. The van der Waals surface area contributed by atoms with Gasteiger partial charge in [-0.25, -0.2) is 0 Å². The van der Waals surface area contributed by atoms with Gasteiger partial charge in [0.05, 0.1) is 0 Å². The molecular weight excluding hydrogens is 144 g/mol. The van der Waals surface area contributed by atoms with Crippen molar-refractivity contribution in [2.24, 2.45) is 7.05 Å². The fraction of sp³-hybridized carbons (Fsp3) is 0.833. The highest BCUT2D eigenvalue weighted by Gasteiger charge is 2.15. The summed E-state index contributed by atoms with van der Waals surface area (Å²) >= 11 is 0. The van der Waals surface area contributed by atoms with Crippen molar-refractivity contribution in [1.29, 1.82) is 0 Å². The Labute approximate surface area is 65.4 Å². The van der Waals surface area contributed by atoms with Gasteiger partial charge in [-0.2, -0.15) is 4.68 Å². The Morgan fingerprint density at radius 2 is 2.00 bits per heavy atom. The first-order chi connectivity index (χ1) is 4.99. The monoisotopic (exact) mass is 156 g/mol. The molecule has 0 saturated heterocycles. The smallest absolute Gasteiger partial charge is 0.335 e. The Bertz CT molecular complexity index is 237. The summed E-state index contributed by atoms with van der Waals surface area (Å²) in [4.78, 5) is 0. The van der Waals surface area contributed by atoms with E-state index in [2.05, 4.69) is 15.5 Å². The van der Waals surface area contributed by atoms with Gasteiger partial charge < -0.3 is 4.74 Å². The molecule has 0 bridgehead atoms. The zero-order valence-corrected chi connectivity index (χ0v) is 7.20. The molecule has 0 saturated carbocycles. The van der Waals surface area contributed by atoms with E-state index in [1.54, 1.807) is 7.05 Å². The minimum absolute atomic E-state index is 0.248. The maximum Gasteiger partial charge on any atom is 0.335 e. The molecule has 0 amide bonds. The highest BCUT2D eigenvalue weighted by Crippen LogP contribution is 2.11. The van der Waals surface area contributed by atoms with Crippen LogP contribution in [0.4, 0.5) is 0 Å². The van der Waals surface area contributed by atoms with Crippen LogP contribution >= 0.6 is 0 Å². The van der Waals surface area contributed by atoms with E-state index in [4.69, 9.17) is 4.74 Å². The number of hydrogen-bond donors (Lipinski definition) is 0. The maximum absolute atomic E-state index is 5.40. The summed E-state index contributed by atoms with van der Waals surface area (Å²) in [5.74, 6) is 0. The van der Waals surface area contributed by atoms with Gasteiger partial charge in [0.2, 0.25) is 0 Å². The molecule has 1 aromatic heterocycles. The largest absolute Gasteiger partial charge is 0.457 e. The molecule has 62 valence electrons. The molecular formula is C6H12N4O. The van der Waals surface area contributed by atoms with E-state index in [9.17, 15) is 0 Å².